The van der Waals surface area contributed by atoms with E-state index < -0.39 is 11.6 Å². The molecule has 4 heteroatoms. The van der Waals surface area contributed by atoms with Crippen molar-refractivity contribution in [2.45, 2.75) is 0 Å². The highest BCUT2D eigenvalue weighted by atomic mass is 19.1. The number of ketones is 1. The summed E-state index contributed by atoms with van der Waals surface area (Å²) in [7, 11) is 1.35. The smallest absolute Gasteiger partial charge is 0.231 e. The number of furan rings is 1. The van der Waals surface area contributed by atoms with E-state index in [2.05, 4.69) is 0 Å². The Labute approximate surface area is 91.5 Å². The van der Waals surface area contributed by atoms with E-state index in [9.17, 15) is 9.18 Å². The van der Waals surface area contributed by atoms with Crippen molar-refractivity contribution in [3.8, 4) is 5.75 Å². The second-order valence-electron chi connectivity index (χ2n) is 3.13. The van der Waals surface area contributed by atoms with E-state index in [-0.39, 0.29) is 17.1 Å². The molecule has 1 aromatic heterocycles. The lowest BCUT2D eigenvalue weighted by Crippen LogP contribution is -2.04. The molecule has 0 N–H and O–H groups in total. The first-order valence-electron chi connectivity index (χ1n) is 4.64. The average Bonchev–Trinajstić information content (AvgIpc) is 2.82. The molecule has 0 fully saturated rings. The number of rotatable bonds is 3. The predicted octanol–water partition coefficient (Wildman–Crippen LogP) is 2.66. The third kappa shape index (κ3) is 1.69. The van der Waals surface area contributed by atoms with E-state index in [0.29, 0.717) is 0 Å². The molecule has 16 heavy (non-hydrogen) atoms. The minimum atomic E-state index is -0.675. The highest BCUT2D eigenvalue weighted by Gasteiger charge is 2.18. The Morgan fingerprint density at radius 3 is 2.75 bits per heavy atom. The number of carbonyl (C=O) groups excluding carboxylic acids is 1. The molecule has 0 aliphatic rings. The van der Waals surface area contributed by atoms with Gasteiger partial charge < -0.3 is 9.15 Å². The molecule has 0 saturated carbocycles. The van der Waals surface area contributed by atoms with Crippen molar-refractivity contribution in [3.63, 3.8) is 0 Å². The Morgan fingerprint density at radius 1 is 1.31 bits per heavy atom. The van der Waals surface area contributed by atoms with Crippen LogP contribution in [0.5, 0.6) is 5.75 Å². The molecular weight excluding hydrogens is 211 g/mol. The summed E-state index contributed by atoms with van der Waals surface area (Å²) in [5.74, 6) is -1.03. The Hall–Kier alpha value is -2.10. The van der Waals surface area contributed by atoms with Gasteiger partial charge in [-0.05, 0) is 24.3 Å². The Kier molecular flexibility index (Phi) is 2.72. The maximum Gasteiger partial charge on any atom is 0.231 e. The van der Waals surface area contributed by atoms with Gasteiger partial charge in [-0.2, -0.15) is 0 Å². The number of carbonyl (C=O) groups is 1. The molecule has 0 atom stereocenters. The zero-order valence-corrected chi connectivity index (χ0v) is 8.57. The Bertz CT molecular complexity index is 503. The summed E-state index contributed by atoms with van der Waals surface area (Å²) in [6.45, 7) is 0. The van der Waals surface area contributed by atoms with Gasteiger partial charge >= 0.3 is 0 Å². The van der Waals surface area contributed by atoms with Crippen molar-refractivity contribution in [2.75, 3.05) is 7.11 Å². The van der Waals surface area contributed by atoms with Gasteiger partial charge in [-0.3, -0.25) is 4.79 Å². The number of halogens is 1. The fourth-order valence-corrected chi connectivity index (χ4v) is 1.38. The third-order valence-corrected chi connectivity index (χ3v) is 2.17. The number of benzene rings is 1. The molecule has 0 unspecified atom stereocenters. The molecule has 3 nitrogen and oxygen atoms in total. The fraction of sp³-hybridized carbons (Fsp3) is 0.0833. The van der Waals surface area contributed by atoms with Crippen LogP contribution in [0.25, 0.3) is 0 Å². The maximum absolute atomic E-state index is 13.7. The molecule has 0 radical (unpaired) electrons. The molecule has 82 valence electrons. The molecule has 1 aromatic carbocycles. The molecular formula is C12H9FO3. The van der Waals surface area contributed by atoms with Gasteiger partial charge in [0.05, 0.1) is 18.9 Å². The Balaban J connectivity index is 2.45. The van der Waals surface area contributed by atoms with E-state index in [0.717, 1.165) is 0 Å². The van der Waals surface area contributed by atoms with Crippen molar-refractivity contribution in [3.05, 3.63) is 53.7 Å². The lowest BCUT2D eigenvalue weighted by atomic mass is 10.1. The fourth-order valence-electron chi connectivity index (χ4n) is 1.38. The van der Waals surface area contributed by atoms with E-state index in [4.69, 9.17) is 9.15 Å². The van der Waals surface area contributed by atoms with Crippen LogP contribution < -0.4 is 4.74 Å². The lowest BCUT2D eigenvalue weighted by Gasteiger charge is -2.04. The van der Waals surface area contributed by atoms with Crippen LogP contribution in [0.15, 0.2) is 41.0 Å². The number of methoxy groups -OCH3 is 1. The second-order valence-corrected chi connectivity index (χ2v) is 3.13. The molecule has 0 aliphatic carbocycles. The van der Waals surface area contributed by atoms with Crippen molar-refractivity contribution in [1.82, 2.24) is 0 Å². The molecule has 1 heterocycles. The minimum Gasteiger partial charge on any atom is -0.494 e. The predicted molar refractivity (Wildman–Crippen MR) is 55.1 cm³/mol. The van der Waals surface area contributed by atoms with Crippen LogP contribution in [-0.4, -0.2) is 12.9 Å². The van der Waals surface area contributed by atoms with Gasteiger partial charge in [0, 0.05) is 0 Å². The van der Waals surface area contributed by atoms with Gasteiger partial charge in [0.15, 0.2) is 17.3 Å². The number of ether oxygens (including phenoxy) is 1. The van der Waals surface area contributed by atoms with Crippen LogP contribution in [0.1, 0.15) is 16.1 Å². The first-order valence-corrected chi connectivity index (χ1v) is 4.64. The van der Waals surface area contributed by atoms with Gasteiger partial charge in [0.1, 0.15) is 0 Å². The normalized spacial score (nSPS) is 10.1. The van der Waals surface area contributed by atoms with Gasteiger partial charge in [0.2, 0.25) is 5.78 Å². The van der Waals surface area contributed by atoms with E-state index in [1.165, 1.54) is 31.6 Å². The molecule has 0 amide bonds. The van der Waals surface area contributed by atoms with Gasteiger partial charge in [-0.1, -0.05) is 6.07 Å². The zero-order chi connectivity index (χ0) is 11.5. The first kappa shape index (κ1) is 10.4. The Morgan fingerprint density at radius 2 is 2.12 bits per heavy atom. The minimum absolute atomic E-state index is 0.0393. The van der Waals surface area contributed by atoms with Crippen LogP contribution in [0.3, 0.4) is 0 Å². The molecule has 0 aliphatic heterocycles. The molecule has 0 spiro atoms. The van der Waals surface area contributed by atoms with E-state index in [1.54, 1.807) is 12.1 Å². The first-order chi connectivity index (χ1) is 7.74. The quantitative estimate of drug-likeness (QED) is 0.746. The number of hydrogen-bond acceptors (Lipinski definition) is 3. The second kappa shape index (κ2) is 4.18. The summed E-state index contributed by atoms with van der Waals surface area (Å²) >= 11 is 0. The van der Waals surface area contributed by atoms with Crippen LogP contribution in [0.4, 0.5) is 4.39 Å². The zero-order valence-electron chi connectivity index (χ0n) is 8.57. The maximum atomic E-state index is 13.7. The van der Waals surface area contributed by atoms with Crippen molar-refractivity contribution in [2.24, 2.45) is 0 Å². The van der Waals surface area contributed by atoms with Crippen molar-refractivity contribution in [1.29, 1.82) is 0 Å². The summed E-state index contributed by atoms with van der Waals surface area (Å²) in [6, 6.07) is 7.46. The van der Waals surface area contributed by atoms with Crippen LogP contribution in [-0.2, 0) is 0 Å². The van der Waals surface area contributed by atoms with Crippen molar-refractivity contribution < 1.29 is 18.3 Å². The average molecular weight is 220 g/mol. The van der Waals surface area contributed by atoms with Crippen LogP contribution >= 0.6 is 0 Å². The highest BCUT2D eigenvalue weighted by molar-refractivity contribution is 6.07. The van der Waals surface area contributed by atoms with Gasteiger partial charge in [0.25, 0.3) is 0 Å². The topological polar surface area (TPSA) is 39.4 Å². The highest BCUT2D eigenvalue weighted by Crippen LogP contribution is 2.22. The summed E-state index contributed by atoms with van der Waals surface area (Å²) < 4.78 is 23.4. The lowest BCUT2D eigenvalue weighted by molar-refractivity contribution is 0.100. The monoisotopic (exact) mass is 220 g/mol. The molecule has 0 saturated heterocycles. The van der Waals surface area contributed by atoms with E-state index in [1.807, 2.05) is 0 Å². The van der Waals surface area contributed by atoms with Gasteiger partial charge in [-0.15, -0.1) is 0 Å². The SMILES string of the molecule is COc1cccc(C(=O)c2ccco2)c1F. The van der Waals surface area contributed by atoms with Gasteiger partial charge in [-0.25, -0.2) is 4.39 Å². The third-order valence-electron chi connectivity index (χ3n) is 2.17. The van der Waals surface area contributed by atoms with Crippen LogP contribution in [0.2, 0.25) is 0 Å². The number of hydrogen-bond donors (Lipinski definition) is 0. The molecule has 2 aromatic rings. The summed E-state index contributed by atoms with van der Waals surface area (Å²) in [5, 5.41) is 0. The molecule has 2 rings (SSSR count). The standard InChI is InChI=1S/C12H9FO3/c1-15-9-5-2-4-8(11(9)13)12(14)10-6-3-7-16-10/h2-7H,1H3. The summed E-state index contributed by atoms with van der Waals surface area (Å²) in [6.07, 6.45) is 1.37. The molecule has 0 bridgehead atoms. The van der Waals surface area contributed by atoms with Crippen molar-refractivity contribution >= 4 is 5.78 Å². The summed E-state index contributed by atoms with van der Waals surface area (Å²) in [4.78, 5) is 11.8. The van der Waals surface area contributed by atoms with Crippen LogP contribution in [0, 0.1) is 5.82 Å². The largest absolute Gasteiger partial charge is 0.494 e. The summed E-state index contributed by atoms with van der Waals surface area (Å²) in [5.41, 5.74) is -0.0608. The van der Waals surface area contributed by atoms with E-state index >= 15 is 0 Å².